The third-order valence-corrected chi connectivity index (χ3v) is 5.71. The first-order valence-electron chi connectivity index (χ1n) is 11.0. The number of ether oxygens (including phenoxy) is 1. The molecule has 0 radical (unpaired) electrons. The van der Waals surface area contributed by atoms with Crippen LogP contribution in [-0.4, -0.2) is 28.5 Å². The molecule has 2 N–H and O–H groups in total. The summed E-state index contributed by atoms with van der Waals surface area (Å²) in [5.74, 6) is -3.98. The molecule has 1 unspecified atom stereocenters. The van der Waals surface area contributed by atoms with E-state index in [1.54, 1.807) is 25.1 Å². The van der Waals surface area contributed by atoms with Crippen molar-refractivity contribution in [2.24, 2.45) is 0 Å². The molecule has 8 heteroatoms. The van der Waals surface area contributed by atoms with Crippen molar-refractivity contribution in [1.29, 1.82) is 0 Å². The number of ketones is 1. The molecular formula is C27H23F2NO5. The Morgan fingerprint density at radius 1 is 1.06 bits per heavy atom. The van der Waals surface area contributed by atoms with Crippen molar-refractivity contribution in [2.45, 2.75) is 26.3 Å². The fourth-order valence-electron chi connectivity index (χ4n) is 4.09. The summed E-state index contributed by atoms with van der Waals surface area (Å²) in [5.41, 5.74) is 0.398. The monoisotopic (exact) mass is 479 g/mol. The number of benzene rings is 3. The summed E-state index contributed by atoms with van der Waals surface area (Å²) in [6.45, 7) is 4.25. The molecule has 0 saturated carbocycles. The second kappa shape index (κ2) is 9.58. The first-order chi connectivity index (χ1) is 16.7. The van der Waals surface area contributed by atoms with Crippen LogP contribution in [0.15, 0.2) is 66.2 Å². The van der Waals surface area contributed by atoms with Crippen molar-refractivity contribution in [3.8, 4) is 11.5 Å². The number of hydrogen-bond donors (Lipinski definition) is 2. The number of anilines is 1. The van der Waals surface area contributed by atoms with Crippen LogP contribution in [0.4, 0.5) is 14.5 Å². The smallest absolute Gasteiger partial charge is 0.300 e. The molecule has 0 aromatic heterocycles. The second-order valence-electron chi connectivity index (χ2n) is 8.19. The summed E-state index contributed by atoms with van der Waals surface area (Å²) in [7, 11) is 0. The number of rotatable bonds is 6. The van der Waals surface area contributed by atoms with Crippen LogP contribution in [0.5, 0.6) is 11.5 Å². The third-order valence-electron chi connectivity index (χ3n) is 5.71. The van der Waals surface area contributed by atoms with Gasteiger partial charge in [-0.1, -0.05) is 19.1 Å². The van der Waals surface area contributed by atoms with Crippen LogP contribution in [0, 0.1) is 18.6 Å². The van der Waals surface area contributed by atoms with E-state index in [4.69, 9.17) is 4.74 Å². The molecule has 180 valence electrons. The number of aromatic hydroxyl groups is 1. The van der Waals surface area contributed by atoms with Gasteiger partial charge in [-0.25, -0.2) is 8.78 Å². The lowest BCUT2D eigenvalue weighted by atomic mass is 9.94. The normalized spacial score (nSPS) is 17.1. The number of hydrogen-bond acceptors (Lipinski definition) is 5. The average Bonchev–Trinajstić information content (AvgIpc) is 3.09. The zero-order chi connectivity index (χ0) is 25.3. The highest BCUT2D eigenvalue weighted by atomic mass is 19.1. The van der Waals surface area contributed by atoms with Crippen LogP contribution >= 0.6 is 0 Å². The van der Waals surface area contributed by atoms with Gasteiger partial charge in [0.2, 0.25) is 0 Å². The van der Waals surface area contributed by atoms with Gasteiger partial charge in [-0.2, -0.15) is 0 Å². The molecule has 1 amide bonds. The van der Waals surface area contributed by atoms with Crippen molar-refractivity contribution in [3.05, 3.63) is 94.6 Å². The molecule has 4 rings (SSSR count). The van der Waals surface area contributed by atoms with Crippen LogP contribution in [0.1, 0.15) is 36.1 Å². The molecule has 6 nitrogen and oxygen atoms in total. The fourth-order valence-corrected chi connectivity index (χ4v) is 4.09. The lowest BCUT2D eigenvalue weighted by Crippen LogP contribution is -2.30. The Balaban J connectivity index is 1.92. The van der Waals surface area contributed by atoms with Crippen molar-refractivity contribution in [1.82, 2.24) is 0 Å². The number of halogens is 2. The van der Waals surface area contributed by atoms with Crippen LogP contribution in [0.2, 0.25) is 0 Å². The summed E-state index contributed by atoms with van der Waals surface area (Å²) in [6.07, 6.45) is 0.811. The lowest BCUT2D eigenvalue weighted by Gasteiger charge is -2.26. The SMILES string of the molecule is CCCOc1ccc(/C(O)=C2\C(=O)C(=O)N(c3cc(F)ccc3F)C2c2cccc(O)c2)cc1C. The maximum absolute atomic E-state index is 14.7. The molecule has 1 saturated heterocycles. The lowest BCUT2D eigenvalue weighted by molar-refractivity contribution is -0.132. The van der Waals surface area contributed by atoms with Gasteiger partial charge >= 0.3 is 0 Å². The largest absolute Gasteiger partial charge is 0.508 e. The first kappa shape index (κ1) is 23.9. The number of phenols is 1. The Morgan fingerprint density at radius 3 is 2.51 bits per heavy atom. The quantitative estimate of drug-likeness (QED) is 0.281. The number of Topliss-reactive ketones (excluding diaryl/α,β-unsaturated/α-hetero) is 1. The van der Waals surface area contributed by atoms with E-state index in [1.165, 1.54) is 24.3 Å². The fraction of sp³-hybridized carbons (Fsp3) is 0.185. The van der Waals surface area contributed by atoms with E-state index in [-0.39, 0.29) is 22.4 Å². The van der Waals surface area contributed by atoms with Gasteiger partial charge < -0.3 is 14.9 Å². The Labute approximate surface area is 200 Å². The third kappa shape index (κ3) is 4.47. The number of aliphatic hydroxyl groups excluding tert-OH is 1. The van der Waals surface area contributed by atoms with Crippen LogP contribution in [0.3, 0.4) is 0 Å². The van der Waals surface area contributed by atoms with E-state index in [1.807, 2.05) is 6.92 Å². The van der Waals surface area contributed by atoms with E-state index >= 15 is 0 Å². The maximum atomic E-state index is 14.7. The van der Waals surface area contributed by atoms with E-state index < -0.39 is 40.8 Å². The maximum Gasteiger partial charge on any atom is 0.300 e. The minimum absolute atomic E-state index is 0.166. The summed E-state index contributed by atoms with van der Waals surface area (Å²) < 4.78 is 34.4. The van der Waals surface area contributed by atoms with Gasteiger partial charge in [-0.3, -0.25) is 14.5 Å². The zero-order valence-electron chi connectivity index (χ0n) is 19.1. The van der Waals surface area contributed by atoms with Gasteiger partial charge in [0.05, 0.1) is 23.9 Å². The summed E-state index contributed by atoms with van der Waals surface area (Å²) in [4.78, 5) is 27.0. The minimum Gasteiger partial charge on any atom is -0.508 e. The van der Waals surface area contributed by atoms with Crippen LogP contribution < -0.4 is 9.64 Å². The van der Waals surface area contributed by atoms with Crippen molar-refractivity contribution in [2.75, 3.05) is 11.5 Å². The Hall–Kier alpha value is -4.20. The number of carbonyl (C=O) groups excluding carboxylic acids is 2. The molecule has 3 aromatic rings. The van der Waals surface area contributed by atoms with Gasteiger partial charge in [-0.05, 0) is 66.9 Å². The van der Waals surface area contributed by atoms with E-state index in [0.29, 0.717) is 17.9 Å². The number of phenolic OH excluding ortho intramolecular Hbond substituents is 1. The highest BCUT2D eigenvalue weighted by Crippen LogP contribution is 2.43. The summed E-state index contributed by atoms with van der Waals surface area (Å²) >= 11 is 0. The first-order valence-corrected chi connectivity index (χ1v) is 11.0. The Morgan fingerprint density at radius 2 is 1.83 bits per heavy atom. The van der Waals surface area contributed by atoms with Crippen LogP contribution in [0.25, 0.3) is 5.76 Å². The molecule has 3 aromatic carbocycles. The standard InChI is InChI=1S/C27H23F2NO5/c1-3-11-35-22-10-7-17(12-15(22)2)25(32)23-24(16-5-4-6-19(31)13-16)30(27(34)26(23)33)21-14-18(28)8-9-20(21)29/h4-10,12-14,24,31-32H,3,11H2,1-2H3/b25-23+. The zero-order valence-corrected chi connectivity index (χ0v) is 19.1. The van der Waals surface area contributed by atoms with Gasteiger partial charge in [0.25, 0.3) is 11.7 Å². The van der Waals surface area contributed by atoms with Crippen LogP contribution in [-0.2, 0) is 9.59 Å². The molecule has 1 aliphatic rings. The molecule has 1 atom stereocenters. The molecule has 0 spiro atoms. The van der Waals surface area contributed by atoms with Crippen molar-refractivity contribution < 1.29 is 33.3 Å². The van der Waals surface area contributed by atoms with E-state index in [0.717, 1.165) is 29.5 Å². The Kier molecular flexibility index (Phi) is 6.55. The molecule has 1 fully saturated rings. The topological polar surface area (TPSA) is 87.1 Å². The van der Waals surface area contributed by atoms with Crippen molar-refractivity contribution >= 4 is 23.1 Å². The number of carbonyl (C=O) groups is 2. The summed E-state index contributed by atoms with van der Waals surface area (Å²) in [5, 5.41) is 21.2. The molecule has 1 aliphatic heterocycles. The number of aryl methyl sites for hydroxylation is 1. The molecular weight excluding hydrogens is 456 g/mol. The summed E-state index contributed by atoms with van der Waals surface area (Å²) in [6, 6.07) is 11.7. The second-order valence-corrected chi connectivity index (χ2v) is 8.19. The van der Waals surface area contributed by atoms with E-state index in [2.05, 4.69) is 0 Å². The minimum atomic E-state index is -1.31. The number of amides is 1. The molecule has 0 bridgehead atoms. The highest BCUT2D eigenvalue weighted by molar-refractivity contribution is 6.51. The molecule has 1 heterocycles. The highest BCUT2D eigenvalue weighted by Gasteiger charge is 2.48. The average molecular weight is 479 g/mol. The number of nitrogens with zero attached hydrogens (tertiary/aromatic N) is 1. The van der Waals surface area contributed by atoms with Gasteiger partial charge in [0.1, 0.15) is 28.9 Å². The predicted octanol–water partition coefficient (Wildman–Crippen LogP) is 5.39. The molecule has 0 aliphatic carbocycles. The molecule has 35 heavy (non-hydrogen) atoms. The predicted molar refractivity (Wildman–Crippen MR) is 126 cm³/mol. The van der Waals surface area contributed by atoms with Gasteiger partial charge in [0.15, 0.2) is 0 Å². The van der Waals surface area contributed by atoms with Gasteiger partial charge in [0, 0.05) is 11.6 Å². The van der Waals surface area contributed by atoms with E-state index in [9.17, 15) is 28.6 Å². The number of aliphatic hydroxyl groups is 1. The van der Waals surface area contributed by atoms with Gasteiger partial charge in [-0.15, -0.1) is 0 Å². The van der Waals surface area contributed by atoms with Crippen molar-refractivity contribution in [3.63, 3.8) is 0 Å². The Bertz CT molecular complexity index is 1350.